The quantitative estimate of drug-likeness (QED) is 0.457. The fourth-order valence-electron chi connectivity index (χ4n) is 6.78. The zero-order valence-corrected chi connectivity index (χ0v) is 22.2. The number of nitrogens with one attached hydrogen (secondary N) is 1. The molecule has 0 radical (unpaired) electrons. The summed E-state index contributed by atoms with van der Waals surface area (Å²) >= 11 is 8.13. The maximum absolute atomic E-state index is 15.3. The number of aromatic nitrogens is 3. The highest BCUT2D eigenvalue weighted by Crippen LogP contribution is 2.62. The molecule has 3 aliphatic heterocycles. The number of ketones is 1. The summed E-state index contributed by atoms with van der Waals surface area (Å²) in [7, 11) is 0. The number of nitrogens with zero attached hydrogens (tertiary/aromatic N) is 4. The third kappa shape index (κ3) is 3.42. The van der Waals surface area contributed by atoms with Gasteiger partial charge in [-0.3, -0.25) is 14.6 Å². The molecule has 2 aromatic heterocycles. The number of benzene rings is 1. The Morgan fingerprint density at radius 1 is 1.18 bits per heavy atom. The smallest absolute Gasteiger partial charge is 0.223 e. The number of rotatable bonds is 2. The maximum atomic E-state index is 15.3. The molecule has 1 aromatic carbocycles. The van der Waals surface area contributed by atoms with Crippen molar-refractivity contribution < 1.29 is 14.0 Å². The van der Waals surface area contributed by atoms with Crippen LogP contribution in [0.3, 0.4) is 0 Å². The number of amides is 1. The molecule has 5 aliphatic rings. The van der Waals surface area contributed by atoms with Gasteiger partial charge in [0.05, 0.1) is 51.2 Å². The average molecular weight is 558 g/mol. The summed E-state index contributed by atoms with van der Waals surface area (Å²) in [6.07, 6.45) is 8.08. The Kier molecular flexibility index (Phi) is 4.86. The van der Waals surface area contributed by atoms with Crippen LogP contribution in [0.2, 0.25) is 0 Å². The first-order chi connectivity index (χ1) is 18.9. The number of aliphatic imine (C=N–C) groups is 1. The number of thiazole rings is 1. The summed E-state index contributed by atoms with van der Waals surface area (Å²) < 4.78 is 16.4. The minimum absolute atomic E-state index is 0.115. The first-order valence-electron chi connectivity index (χ1n) is 12.9. The Morgan fingerprint density at radius 3 is 2.90 bits per heavy atom. The van der Waals surface area contributed by atoms with Crippen LogP contribution in [0.1, 0.15) is 31.0 Å². The number of aromatic amines is 1. The van der Waals surface area contributed by atoms with E-state index in [-0.39, 0.29) is 28.0 Å². The lowest BCUT2D eigenvalue weighted by atomic mass is 9.74. The zero-order chi connectivity index (χ0) is 26.5. The number of imidazole rings is 1. The van der Waals surface area contributed by atoms with Gasteiger partial charge in [0.1, 0.15) is 11.7 Å². The third-order valence-electron chi connectivity index (χ3n) is 8.64. The molecule has 0 bridgehead atoms. The van der Waals surface area contributed by atoms with Crippen LogP contribution in [0.5, 0.6) is 0 Å². The van der Waals surface area contributed by atoms with E-state index in [1.54, 1.807) is 17.5 Å². The Hall–Kier alpha value is -3.69. The molecule has 10 heteroatoms. The van der Waals surface area contributed by atoms with Crippen molar-refractivity contribution in [3.05, 3.63) is 81.0 Å². The van der Waals surface area contributed by atoms with Crippen LogP contribution in [-0.2, 0) is 9.59 Å². The van der Waals surface area contributed by atoms with Crippen molar-refractivity contribution in [3.8, 4) is 11.3 Å². The lowest BCUT2D eigenvalue weighted by molar-refractivity contribution is -0.129. The van der Waals surface area contributed by atoms with E-state index < -0.39 is 17.5 Å². The van der Waals surface area contributed by atoms with Crippen molar-refractivity contribution in [2.45, 2.75) is 31.2 Å². The molecule has 8 rings (SSSR count). The Morgan fingerprint density at radius 2 is 2.05 bits per heavy atom. The van der Waals surface area contributed by atoms with Crippen LogP contribution >= 0.6 is 22.9 Å². The lowest BCUT2D eigenvalue weighted by Crippen LogP contribution is -2.46. The van der Waals surface area contributed by atoms with Crippen molar-refractivity contribution in [1.82, 2.24) is 19.9 Å². The molecule has 5 heterocycles. The van der Waals surface area contributed by atoms with Gasteiger partial charge in [0.25, 0.3) is 0 Å². The number of hydrogen-bond donors (Lipinski definition) is 1. The zero-order valence-electron chi connectivity index (χ0n) is 20.6. The number of allylic oxidation sites excluding steroid dienone is 6. The summed E-state index contributed by atoms with van der Waals surface area (Å²) in [5.74, 6) is -0.758. The van der Waals surface area contributed by atoms with E-state index in [4.69, 9.17) is 16.6 Å². The van der Waals surface area contributed by atoms with Gasteiger partial charge < -0.3 is 9.88 Å². The van der Waals surface area contributed by atoms with E-state index in [9.17, 15) is 9.59 Å². The first-order valence-corrected chi connectivity index (χ1v) is 14.1. The lowest BCUT2D eigenvalue weighted by Gasteiger charge is -2.42. The van der Waals surface area contributed by atoms with Gasteiger partial charge in [0, 0.05) is 41.8 Å². The number of halogens is 2. The summed E-state index contributed by atoms with van der Waals surface area (Å²) in [6.45, 7) is 0.698. The molecule has 1 spiro atoms. The fourth-order valence-corrected chi connectivity index (χ4v) is 7.70. The average Bonchev–Trinajstić information content (AvgIpc) is 3.24. The predicted octanol–water partition coefficient (Wildman–Crippen LogP) is 5.40. The van der Waals surface area contributed by atoms with Crippen molar-refractivity contribution in [2.24, 2.45) is 10.4 Å². The molecule has 1 saturated heterocycles. The number of H-pyrrole nitrogens is 1. The van der Waals surface area contributed by atoms with Crippen LogP contribution in [0.4, 0.5) is 4.39 Å². The molecule has 2 aliphatic carbocycles. The van der Waals surface area contributed by atoms with Crippen LogP contribution in [0.15, 0.2) is 80.2 Å². The Balaban J connectivity index is 1.32. The minimum atomic E-state index is -0.677. The molecule has 1 amide bonds. The Bertz CT molecular complexity index is 1790. The molecule has 2 atom stereocenters. The van der Waals surface area contributed by atoms with Crippen LogP contribution < -0.4 is 0 Å². The van der Waals surface area contributed by atoms with E-state index in [1.165, 1.54) is 12.3 Å². The first kappa shape index (κ1) is 23.2. The summed E-state index contributed by atoms with van der Waals surface area (Å²) in [5, 5.41) is 0.149. The highest BCUT2D eigenvalue weighted by atomic mass is 35.5. The van der Waals surface area contributed by atoms with Crippen LogP contribution in [-0.4, -0.2) is 56.9 Å². The predicted molar refractivity (Wildman–Crippen MR) is 147 cm³/mol. The molecule has 1 unspecified atom stereocenters. The van der Waals surface area contributed by atoms with E-state index in [0.29, 0.717) is 30.9 Å². The molecule has 194 valence electrons. The van der Waals surface area contributed by atoms with E-state index in [1.807, 2.05) is 28.6 Å². The molecule has 2 fully saturated rings. The van der Waals surface area contributed by atoms with Gasteiger partial charge in [-0.25, -0.2) is 14.4 Å². The van der Waals surface area contributed by atoms with Gasteiger partial charge >= 0.3 is 0 Å². The van der Waals surface area contributed by atoms with Gasteiger partial charge in [-0.05, 0) is 47.8 Å². The van der Waals surface area contributed by atoms with E-state index in [0.717, 1.165) is 51.5 Å². The number of carbonyl (C=O) groups is 2. The SMILES string of the molecule is O=C1C=C(F)C2=C(Cl)C=NCC3=C(C2=C1)C(c1ncc(-c2ccc4scnc4c2)[nH]1)CN1C(=O)CC2(CC2)[C@@H]31. The molecule has 3 aromatic rings. The largest absolute Gasteiger partial charge is 0.341 e. The van der Waals surface area contributed by atoms with Gasteiger partial charge in [-0.15, -0.1) is 11.3 Å². The van der Waals surface area contributed by atoms with Crippen molar-refractivity contribution in [3.63, 3.8) is 0 Å². The van der Waals surface area contributed by atoms with Gasteiger partial charge in [-0.2, -0.15) is 0 Å². The van der Waals surface area contributed by atoms with Crippen molar-refractivity contribution >= 4 is 51.1 Å². The highest BCUT2D eigenvalue weighted by Gasteiger charge is 2.62. The van der Waals surface area contributed by atoms with E-state index >= 15 is 4.39 Å². The summed E-state index contributed by atoms with van der Waals surface area (Å²) in [5.41, 5.74) is 6.75. The third-order valence-corrected chi connectivity index (χ3v) is 9.73. The van der Waals surface area contributed by atoms with Crippen LogP contribution in [0, 0.1) is 5.41 Å². The molecule has 1 saturated carbocycles. The topological polar surface area (TPSA) is 91.3 Å². The Labute approximate surface area is 231 Å². The summed E-state index contributed by atoms with van der Waals surface area (Å²) in [6, 6.07) is 5.94. The normalized spacial score (nSPS) is 25.4. The summed E-state index contributed by atoms with van der Waals surface area (Å²) in [4.78, 5) is 45.1. The van der Waals surface area contributed by atoms with Gasteiger partial charge in [-0.1, -0.05) is 17.7 Å². The maximum Gasteiger partial charge on any atom is 0.223 e. The molecule has 7 nitrogen and oxygen atoms in total. The fraction of sp³-hybridized carbons (Fsp3) is 0.276. The van der Waals surface area contributed by atoms with Crippen molar-refractivity contribution in [2.75, 3.05) is 13.1 Å². The monoisotopic (exact) mass is 557 g/mol. The molecular weight excluding hydrogens is 537 g/mol. The van der Waals surface area contributed by atoms with Gasteiger partial charge in [0.15, 0.2) is 5.78 Å². The molecular formula is C29H21ClFN5O2S. The molecule has 39 heavy (non-hydrogen) atoms. The number of carbonyl (C=O) groups excluding carboxylic acids is 2. The minimum Gasteiger partial charge on any atom is -0.341 e. The second kappa shape index (κ2) is 8.16. The highest BCUT2D eigenvalue weighted by molar-refractivity contribution is 7.16. The standard InChI is InChI=1S/C29H21ClFN5O2S/c30-19-10-32-9-17-25(16-6-15(37)7-20(31)26(16)19)18(12-36-24(38)8-29(3-4-29)27(17)36)28-33-11-22(35-28)14-1-2-23-21(5-14)34-13-39-23/h1-2,5-7,10-11,13,18,27H,3-4,8-9,12H2,(H,33,35)/t18?,27-/m1/s1. The van der Waals surface area contributed by atoms with E-state index in [2.05, 4.69) is 15.0 Å². The second-order valence-corrected chi connectivity index (χ2v) is 12.1. The molecule has 1 N–H and O–H groups in total. The second-order valence-electron chi connectivity index (χ2n) is 10.8. The van der Waals surface area contributed by atoms with Gasteiger partial charge in [0.2, 0.25) is 5.91 Å². The van der Waals surface area contributed by atoms with Crippen LogP contribution in [0.25, 0.3) is 21.5 Å². The number of fused-ring (bicyclic) bond motifs is 6. The van der Waals surface area contributed by atoms with Crippen molar-refractivity contribution in [1.29, 1.82) is 0 Å². The number of hydrogen-bond acceptors (Lipinski definition) is 6.